The third-order valence-electron chi connectivity index (χ3n) is 4.93. The van der Waals surface area contributed by atoms with Crippen molar-refractivity contribution in [2.75, 3.05) is 0 Å². The van der Waals surface area contributed by atoms with Gasteiger partial charge in [0.2, 0.25) is 0 Å². The molecule has 0 unspecified atom stereocenters. The molecule has 0 radical (unpaired) electrons. The van der Waals surface area contributed by atoms with Crippen molar-refractivity contribution >= 4 is 0 Å². The molecule has 20 heavy (non-hydrogen) atoms. The summed E-state index contributed by atoms with van der Waals surface area (Å²) in [6.45, 7) is 2.28. The molecule has 0 heterocycles. The zero-order valence-corrected chi connectivity index (χ0v) is 13.0. The lowest BCUT2D eigenvalue weighted by Gasteiger charge is -2.29. The van der Waals surface area contributed by atoms with E-state index in [2.05, 4.69) is 19.1 Å². The van der Waals surface area contributed by atoms with Gasteiger partial charge in [0, 0.05) is 0 Å². The molecule has 0 atom stereocenters. The molecule has 0 saturated heterocycles. The van der Waals surface area contributed by atoms with Gasteiger partial charge < -0.3 is 5.11 Å². The van der Waals surface area contributed by atoms with Crippen LogP contribution >= 0.6 is 0 Å². The molecule has 0 amide bonds. The molecule has 1 fully saturated rings. The molecule has 1 nitrogen and oxygen atoms in total. The minimum atomic E-state index is 0.384. The predicted molar refractivity (Wildman–Crippen MR) is 86.2 cm³/mol. The third kappa shape index (κ3) is 4.85. The first-order valence-corrected chi connectivity index (χ1v) is 8.58. The van der Waals surface area contributed by atoms with Gasteiger partial charge in [0.1, 0.15) is 5.75 Å². The van der Waals surface area contributed by atoms with Gasteiger partial charge in [-0.2, -0.15) is 0 Å². The highest BCUT2D eigenvalue weighted by molar-refractivity contribution is 5.28. The van der Waals surface area contributed by atoms with Crippen molar-refractivity contribution < 1.29 is 5.11 Å². The second-order valence-electron chi connectivity index (χ2n) is 6.51. The fourth-order valence-corrected chi connectivity index (χ4v) is 3.57. The van der Waals surface area contributed by atoms with Crippen LogP contribution in [0.25, 0.3) is 0 Å². The van der Waals surface area contributed by atoms with Gasteiger partial charge in [0.15, 0.2) is 0 Å². The highest BCUT2D eigenvalue weighted by atomic mass is 16.3. The number of rotatable bonds is 7. The number of aromatic hydroxyl groups is 1. The van der Waals surface area contributed by atoms with Crippen molar-refractivity contribution in [1.29, 1.82) is 0 Å². The zero-order valence-electron chi connectivity index (χ0n) is 13.0. The Morgan fingerprint density at radius 1 is 0.900 bits per heavy atom. The van der Waals surface area contributed by atoms with Gasteiger partial charge in [-0.05, 0) is 55.2 Å². The van der Waals surface area contributed by atoms with E-state index in [0.717, 1.165) is 11.8 Å². The largest absolute Gasteiger partial charge is 0.508 e. The lowest BCUT2D eigenvalue weighted by molar-refractivity contribution is 0.302. The molecule has 1 N–H and O–H groups in total. The first-order valence-electron chi connectivity index (χ1n) is 8.58. The van der Waals surface area contributed by atoms with Gasteiger partial charge in [-0.3, -0.25) is 0 Å². The van der Waals surface area contributed by atoms with Crippen LogP contribution < -0.4 is 0 Å². The summed E-state index contributed by atoms with van der Waals surface area (Å²) in [5, 5.41) is 9.36. The van der Waals surface area contributed by atoms with E-state index in [4.69, 9.17) is 0 Å². The Morgan fingerprint density at radius 3 is 2.20 bits per heavy atom. The lowest BCUT2D eigenvalue weighted by Crippen LogP contribution is -2.13. The molecule has 1 aliphatic carbocycles. The predicted octanol–water partition coefficient (Wildman–Crippen LogP) is 6.03. The minimum absolute atomic E-state index is 0.384. The van der Waals surface area contributed by atoms with E-state index in [0.29, 0.717) is 5.75 Å². The SMILES string of the molecule is CCCCCCCC1CCC(c2ccc(O)cc2)CC1. The molecular formula is C19H30O. The van der Waals surface area contributed by atoms with Crippen LogP contribution in [0.15, 0.2) is 24.3 Å². The highest BCUT2D eigenvalue weighted by Crippen LogP contribution is 2.38. The highest BCUT2D eigenvalue weighted by Gasteiger charge is 2.21. The third-order valence-corrected chi connectivity index (χ3v) is 4.93. The number of phenolic OH excluding ortho intramolecular Hbond substituents is 1. The summed E-state index contributed by atoms with van der Waals surface area (Å²) in [6, 6.07) is 7.86. The fraction of sp³-hybridized carbons (Fsp3) is 0.684. The van der Waals surface area contributed by atoms with Gasteiger partial charge in [0.05, 0.1) is 0 Å². The van der Waals surface area contributed by atoms with Crippen molar-refractivity contribution in [3.8, 4) is 5.75 Å². The summed E-state index contributed by atoms with van der Waals surface area (Å²) < 4.78 is 0. The van der Waals surface area contributed by atoms with Crippen LogP contribution in [0, 0.1) is 5.92 Å². The smallest absolute Gasteiger partial charge is 0.115 e. The van der Waals surface area contributed by atoms with Crippen LogP contribution in [0.3, 0.4) is 0 Å². The summed E-state index contributed by atoms with van der Waals surface area (Å²) >= 11 is 0. The second-order valence-corrected chi connectivity index (χ2v) is 6.51. The van der Waals surface area contributed by atoms with Gasteiger partial charge >= 0.3 is 0 Å². The summed E-state index contributed by atoms with van der Waals surface area (Å²) in [6.07, 6.45) is 14.0. The van der Waals surface area contributed by atoms with E-state index in [1.165, 1.54) is 69.8 Å². The standard InChI is InChI=1S/C19H30O/c1-2-3-4-5-6-7-16-8-10-17(11-9-16)18-12-14-19(20)15-13-18/h12-17,20H,2-11H2,1H3. The van der Waals surface area contributed by atoms with Crippen molar-refractivity contribution in [1.82, 2.24) is 0 Å². The van der Waals surface area contributed by atoms with Gasteiger partial charge in [-0.25, -0.2) is 0 Å². The lowest BCUT2D eigenvalue weighted by atomic mass is 9.77. The Kier molecular flexibility index (Phi) is 6.42. The number of phenols is 1. The maximum absolute atomic E-state index is 9.36. The van der Waals surface area contributed by atoms with Gasteiger partial charge in [0.25, 0.3) is 0 Å². The van der Waals surface area contributed by atoms with Crippen molar-refractivity contribution in [2.24, 2.45) is 5.92 Å². The monoisotopic (exact) mass is 274 g/mol. The number of hydrogen-bond acceptors (Lipinski definition) is 1. The normalized spacial score (nSPS) is 22.9. The molecule has 0 aliphatic heterocycles. The van der Waals surface area contributed by atoms with Gasteiger partial charge in [-0.15, -0.1) is 0 Å². The molecule has 1 aromatic rings. The molecule has 2 rings (SSSR count). The number of unbranched alkanes of at least 4 members (excludes halogenated alkanes) is 4. The second kappa shape index (κ2) is 8.34. The summed E-state index contributed by atoms with van der Waals surface area (Å²) in [7, 11) is 0. The van der Waals surface area contributed by atoms with Crippen molar-refractivity contribution in [2.45, 2.75) is 77.0 Å². The molecule has 0 spiro atoms. The molecule has 1 aromatic carbocycles. The first-order chi connectivity index (χ1) is 9.79. The van der Waals surface area contributed by atoms with Crippen LogP contribution in [0.5, 0.6) is 5.75 Å². The van der Waals surface area contributed by atoms with Gasteiger partial charge in [-0.1, -0.05) is 57.6 Å². The Hall–Kier alpha value is -0.980. The Labute approximate surface area is 124 Å². The average Bonchev–Trinajstić information content (AvgIpc) is 2.49. The van der Waals surface area contributed by atoms with E-state index < -0.39 is 0 Å². The quantitative estimate of drug-likeness (QED) is 0.602. The van der Waals surface area contributed by atoms with Crippen LogP contribution in [0.1, 0.15) is 82.6 Å². The average molecular weight is 274 g/mol. The summed E-state index contributed by atoms with van der Waals surface area (Å²) in [4.78, 5) is 0. The molecule has 0 bridgehead atoms. The Bertz CT molecular complexity index is 360. The Morgan fingerprint density at radius 2 is 1.55 bits per heavy atom. The summed E-state index contributed by atoms with van der Waals surface area (Å²) in [5.41, 5.74) is 1.42. The van der Waals surface area contributed by atoms with E-state index in [-0.39, 0.29) is 0 Å². The molecular weight excluding hydrogens is 244 g/mol. The van der Waals surface area contributed by atoms with Crippen LogP contribution in [0.2, 0.25) is 0 Å². The zero-order chi connectivity index (χ0) is 14.2. The van der Waals surface area contributed by atoms with Crippen LogP contribution in [-0.4, -0.2) is 5.11 Å². The first kappa shape index (κ1) is 15.4. The molecule has 1 aliphatic rings. The minimum Gasteiger partial charge on any atom is -0.508 e. The van der Waals surface area contributed by atoms with E-state index in [1.54, 1.807) is 0 Å². The fourth-order valence-electron chi connectivity index (χ4n) is 3.57. The number of benzene rings is 1. The number of hydrogen-bond donors (Lipinski definition) is 1. The molecule has 1 saturated carbocycles. The van der Waals surface area contributed by atoms with E-state index in [9.17, 15) is 5.11 Å². The van der Waals surface area contributed by atoms with Crippen molar-refractivity contribution in [3.05, 3.63) is 29.8 Å². The molecule has 0 aromatic heterocycles. The summed E-state index contributed by atoms with van der Waals surface area (Å²) in [5.74, 6) is 2.09. The topological polar surface area (TPSA) is 20.2 Å². The van der Waals surface area contributed by atoms with Crippen LogP contribution in [0.4, 0.5) is 0 Å². The van der Waals surface area contributed by atoms with E-state index in [1.807, 2.05) is 12.1 Å². The maximum atomic E-state index is 9.36. The van der Waals surface area contributed by atoms with E-state index >= 15 is 0 Å². The molecule has 1 heteroatoms. The van der Waals surface area contributed by atoms with Crippen molar-refractivity contribution in [3.63, 3.8) is 0 Å². The molecule has 112 valence electrons. The Balaban J connectivity index is 1.66. The maximum Gasteiger partial charge on any atom is 0.115 e. The van der Waals surface area contributed by atoms with Crippen LogP contribution in [-0.2, 0) is 0 Å².